The lowest BCUT2D eigenvalue weighted by Crippen LogP contribution is -2.15. The Morgan fingerprint density at radius 3 is 2.52 bits per heavy atom. The highest BCUT2D eigenvalue weighted by Crippen LogP contribution is 2.25. The zero-order chi connectivity index (χ0) is 15.6. The van der Waals surface area contributed by atoms with Gasteiger partial charge in [0, 0.05) is 10.7 Å². The summed E-state index contributed by atoms with van der Waals surface area (Å²) >= 11 is 3.18. The molecule has 1 aromatic heterocycles. The Labute approximate surface area is 129 Å². The number of aromatic nitrogens is 2. The molecule has 0 radical (unpaired) electrons. The van der Waals surface area contributed by atoms with Crippen LogP contribution in [0.3, 0.4) is 0 Å². The second-order valence-electron chi connectivity index (χ2n) is 4.18. The van der Waals surface area contributed by atoms with E-state index in [0.29, 0.717) is 15.9 Å². The van der Waals surface area contributed by atoms with Crippen LogP contribution in [0, 0.1) is 6.92 Å². The standard InChI is InChI=1S/C12H11BrN4O3S/c1-7-5-16-11(6-15-7)12(18)17-10-3-2-8(4-9(10)13)21(14,19)20/h2-6H,1H3,(H,17,18)(H2,14,19,20). The predicted octanol–water partition coefficient (Wildman–Crippen LogP) is 1.45. The highest BCUT2D eigenvalue weighted by Gasteiger charge is 2.13. The Hall–Kier alpha value is -1.84. The molecule has 0 aliphatic rings. The SMILES string of the molecule is Cc1cnc(C(=O)Nc2ccc(S(N)(=O)=O)cc2Br)cn1. The molecule has 110 valence electrons. The lowest BCUT2D eigenvalue weighted by molar-refractivity contribution is 0.102. The molecule has 1 amide bonds. The maximum Gasteiger partial charge on any atom is 0.275 e. The van der Waals surface area contributed by atoms with Gasteiger partial charge in [0.1, 0.15) is 5.69 Å². The molecule has 2 aromatic rings. The Morgan fingerprint density at radius 2 is 2.00 bits per heavy atom. The number of sulfonamides is 1. The number of amides is 1. The fourth-order valence-electron chi connectivity index (χ4n) is 1.47. The third kappa shape index (κ3) is 3.84. The average Bonchev–Trinajstić information content (AvgIpc) is 2.40. The van der Waals surface area contributed by atoms with Crippen molar-refractivity contribution in [2.24, 2.45) is 5.14 Å². The molecular weight excluding hydrogens is 360 g/mol. The van der Waals surface area contributed by atoms with Gasteiger partial charge >= 0.3 is 0 Å². The second kappa shape index (κ2) is 5.88. The second-order valence-corrected chi connectivity index (χ2v) is 6.60. The van der Waals surface area contributed by atoms with Crippen molar-refractivity contribution in [2.45, 2.75) is 11.8 Å². The van der Waals surface area contributed by atoms with E-state index in [1.807, 2.05) is 0 Å². The first kappa shape index (κ1) is 15.5. The summed E-state index contributed by atoms with van der Waals surface area (Å²) in [7, 11) is -3.79. The van der Waals surface area contributed by atoms with E-state index < -0.39 is 15.9 Å². The number of carbonyl (C=O) groups excluding carboxylic acids is 1. The minimum Gasteiger partial charge on any atom is -0.320 e. The van der Waals surface area contributed by atoms with Gasteiger partial charge in [0.2, 0.25) is 10.0 Å². The topological polar surface area (TPSA) is 115 Å². The smallest absolute Gasteiger partial charge is 0.275 e. The molecule has 0 bridgehead atoms. The number of hydrogen-bond acceptors (Lipinski definition) is 5. The van der Waals surface area contributed by atoms with Crippen LogP contribution in [-0.4, -0.2) is 24.3 Å². The number of hydrogen-bond donors (Lipinski definition) is 2. The van der Waals surface area contributed by atoms with Crippen LogP contribution in [0.1, 0.15) is 16.2 Å². The molecule has 7 nitrogen and oxygen atoms in total. The van der Waals surface area contributed by atoms with E-state index in [-0.39, 0.29) is 10.6 Å². The van der Waals surface area contributed by atoms with Crippen LogP contribution in [0.2, 0.25) is 0 Å². The zero-order valence-electron chi connectivity index (χ0n) is 10.9. The fraction of sp³-hybridized carbons (Fsp3) is 0.0833. The van der Waals surface area contributed by atoms with E-state index >= 15 is 0 Å². The third-order valence-electron chi connectivity index (χ3n) is 2.53. The molecule has 0 saturated carbocycles. The number of aryl methyl sites for hydroxylation is 1. The van der Waals surface area contributed by atoms with E-state index in [9.17, 15) is 13.2 Å². The molecule has 0 saturated heterocycles. The van der Waals surface area contributed by atoms with Gasteiger partial charge < -0.3 is 5.32 Å². The first-order valence-electron chi connectivity index (χ1n) is 5.70. The maximum absolute atomic E-state index is 12.0. The number of rotatable bonds is 3. The number of nitrogens with two attached hydrogens (primary N) is 1. The Kier molecular flexibility index (Phi) is 4.35. The zero-order valence-corrected chi connectivity index (χ0v) is 13.3. The summed E-state index contributed by atoms with van der Waals surface area (Å²) in [6.07, 6.45) is 2.84. The predicted molar refractivity (Wildman–Crippen MR) is 80.2 cm³/mol. The van der Waals surface area contributed by atoms with E-state index in [0.717, 1.165) is 0 Å². The largest absolute Gasteiger partial charge is 0.320 e. The Bertz CT molecular complexity index is 791. The van der Waals surface area contributed by atoms with Crippen molar-refractivity contribution in [3.05, 3.63) is 46.5 Å². The maximum atomic E-state index is 12.0. The van der Waals surface area contributed by atoms with Crippen molar-refractivity contribution < 1.29 is 13.2 Å². The number of anilines is 1. The first-order chi connectivity index (χ1) is 9.77. The molecule has 9 heteroatoms. The summed E-state index contributed by atoms with van der Waals surface area (Å²) in [4.78, 5) is 19.9. The minimum absolute atomic E-state index is 0.0532. The van der Waals surface area contributed by atoms with Crippen LogP contribution in [0.15, 0.2) is 40.0 Å². The Morgan fingerprint density at radius 1 is 1.29 bits per heavy atom. The van der Waals surface area contributed by atoms with Gasteiger partial charge in [-0.3, -0.25) is 9.78 Å². The van der Waals surface area contributed by atoms with Gasteiger partial charge in [0.05, 0.1) is 22.5 Å². The summed E-state index contributed by atoms with van der Waals surface area (Å²) in [6.45, 7) is 1.76. The fourth-order valence-corrected chi connectivity index (χ4v) is 2.64. The van der Waals surface area contributed by atoms with Gasteiger partial charge in [-0.2, -0.15) is 0 Å². The molecule has 1 aromatic carbocycles. The molecular formula is C12H11BrN4O3S. The molecule has 3 N–H and O–H groups in total. The summed E-state index contributed by atoms with van der Waals surface area (Å²) in [6, 6.07) is 4.05. The summed E-state index contributed by atoms with van der Waals surface area (Å²) in [5.74, 6) is -0.452. The quantitative estimate of drug-likeness (QED) is 0.847. The number of nitrogens with one attached hydrogen (secondary N) is 1. The molecule has 0 spiro atoms. The minimum atomic E-state index is -3.79. The van der Waals surface area contributed by atoms with Crippen molar-refractivity contribution in [1.82, 2.24) is 9.97 Å². The van der Waals surface area contributed by atoms with E-state index in [1.54, 1.807) is 6.92 Å². The molecule has 0 aliphatic carbocycles. The van der Waals surface area contributed by atoms with Crippen LogP contribution in [0.25, 0.3) is 0 Å². The lowest BCUT2D eigenvalue weighted by atomic mass is 10.3. The van der Waals surface area contributed by atoms with Crippen molar-refractivity contribution in [2.75, 3.05) is 5.32 Å². The third-order valence-corrected chi connectivity index (χ3v) is 4.10. The average molecular weight is 371 g/mol. The van der Waals surface area contributed by atoms with Gasteiger partial charge in [-0.05, 0) is 41.1 Å². The van der Waals surface area contributed by atoms with Crippen molar-refractivity contribution >= 4 is 37.5 Å². The van der Waals surface area contributed by atoms with Crippen LogP contribution in [-0.2, 0) is 10.0 Å². The van der Waals surface area contributed by atoms with E-state index in [2.05, 4.69) is 31.2 Å². The van der Waals surface area contributed by atoms with Crippen LogP contribution < -0.4 is 10.5 Å². The van der Waals surface area contributed by atoms with Gasteiger partial charge in [0.15, 0.2) is 0 Å². The molecule has 2 rings (SSSR count). The van der Waals surface area contributed by atoms with Gasteiger partial charge in [0.25, 0.3) is 5.91 Å². The number of halogens is 1. The van der Waals surface area contributed by atoms with E-state index in [4.69, 9.17) is 5.14 Å². The first-order valence-corrected chi connectivity index (χ1v) is 8.03. The number of nitrogens with zero attached hydrogens (tertiary/aromatic N) is 2. The highest BCUT2D eigenvalue weighted by molar-refractivity contribution is 9.10. The van der Waals surface area contributed by atoms with Crippen molar-refractivity contribution in [3.8, 4) is 0 Å². The molecule has 0 aliphatic heterocycles. The molecule has 0 fully saturated rings. The van der Waals surface area contributed by atoms with Gasteiger partial charge in [-0.25, -0.2) is 18.5 Å². The summed E-state index contributed by atoms with van der Waals surface area (Å²) in [5, 5.41) is 7.63. The highest BCUT2D eigenvalue weighted by atomic mass is 79.9. The Balaban J connectivity index is 2.24. The van der Waals surface area contributed by atoms with Crippen LogP contribution in [0.4, 0.5) is 5.69 Å². The normalized spacial score (nSPS) is 11.2. The summed E-state index contributed by atoms with van der Waals surface area (Å²) < 4.78 is 22.8. The monoisotopic (exact) mass is 370 g/mol. The van der Waals surface area contributed by atoms with Gasteiger partial charge in [-0.1, -0.05) is 0 Å². The number of primary sulfonamides is 1. The van der Waals surface area contributed by atoms with Crippen LogP contribution in [0.5, 0.6) is 0 Å². The molecule has 1 heterocycles. The van der Waals surface area contributed by atoms with E-state index in [1.165, 1.54) is 30.6 Å². The number of carbonyl (C=O) groups is 1. The van der Waals surface area contributed by atoms with Gasteiger partial charge in [-0.15, -0.1) is 0 Å². The van der Waals surface area contributed by atoms with Crippen molar-refractivity contribution in [1.29, 1.82) is 0 Å². The molecule has 0 unspecified atom stereocenters. The summed E-state index contributed by atoms with van der Waals surface area (Å²) in [5.41, 5.74) is 1.25. The van der Waals surface area contributed by atoms with Crippen molar-refractivity contribution in [3.63, 3.8) is 0 Å². The molecule has 21 heavy (non-hydrogen) atoms. The molecule has 0 atom stereocenters. The van der Waals surface area contributed by atoms with Crippen LogP contribution >= 0.6 is 15.9 Å². The lowest BCUT2D eigenvalue weighted by Gasteiger charge is -2.08. The number of benzene rings is 1.